The third-order valence-electron chi connectivity index (χ3n) is 6.28. The van der Waals surface area contributed by atoms with Crippen LogP contribution in [0.2, 0.25) is 0 Å². The summed E-state index contributed by atoms with van der Waals surface area (Å²) in [5.74, 6) is 1.84. The van der Waals surface area contributed by atoms with Crippen molar-refractivity contribution in [2.24, 2.45) is 17.3 Å². The van der Waals surface area contributed by atoms with Gasteiger partial charge in [-0.1, -0.05) is 55.9 Å². The van der Waals surface area contributed by atoms with Crippen molar-refractivity contribution in [1.82, 2.24) is 0 Å². The van der Waals surface area contributed by atoms with Crippen LogP contribution in [0.15, 0.2) is 23.3 Å². The quantitative estimate of drug-likeness (QED) is 0.373. The first-order chi connectivity index (χ1) is 10.5. The fourth-order valence-electron chi connectivity index (χ4n) is 4.78. The predicted octanol–water partition coefficient (Wildman–Crippen LogP) is 7.46. The highest BCUT2D eigenvalue weighted by Gasteiger charge is 2.34. The van der Waals surface area contributed by atoms with Gasteiger partial charge in [0.2, 0.25) is 0 Å². The SMILES string of the molecule is CC(C)=CCCC1(C)CCC=C(C)C(C2CCCCCC2)C1. The van der Waals surface area contributed by atoms with Crippen molar-refractivity contribution in [2.75, 3.05) is 0 Å². The summed E-state index contributed by atoms with van der Waals surface area (Å²) in [5, 5.41) is 0. The van der Waals surface area contributed by atoms with E-state index in [1.54, 1.807) is 5.57 Å². The van der Waals surface area contributed by atoms with Crippen LogP contribution in [-0.4, -0.2) is 0 Å². The lowest BCUT2D eigenvalue weighted by Gasteiger charge is -2.35. The Morgan fingerprint density at radius 2 is 1.86 bits per heavy atom. The van der Waals surface area contributed by atoms with E-state index in [-0.39, 0.29) is 0 Å². The topological polar surface area (TPSA) is 0 Å². The van der Waals surface area contributed by atoms with Crippen LogP contribution in [0, 0.1) is 17.3 Å². The van der Waals surface area contributed by atoms with Gasteiger partial charge >= 0.3 is 0 Å². The van der Waals surface area contributed by atoms with Crippen LogP contribution in [0.4, 0.5) is 0 Å². The largest absolute Gasteiger partial charge is 0.0859 e. The third kappa shape index (κ3) is 5.28. The molecule has 1 fully saturated rings. The van der Waals surface area contributed by atoms with E-state index in [2.05, 4.69) is 39.8 Å². The summed E-state index contributed by atoms with van der Waals surface area (Å²) in [6, 6.07) is 0. The van der Waals surface area contributed by atoms with Crippen LogP contribution in [0.3, 0.4) is 0 Å². The average molecular weight is 303 g/mol. The van der Waals surface area contributed by atoms with Crippen LogP contribution in [0.5, 0.6) is 0 Å². The second-order valence-electron chi connectivity index (χ2n) is 8.68. The minimum Gasteiger partial charge on any atom is -0.0859 e. The van der Waals surface area contributed by atoms with Crippen LogP contribution < -0.4 is 0 Å². The van der Waals surface area contributed by atoms with E-state index in [1.165, 1.54) is 76.2 Å². The van der Waals surface area contributed by atoms with Crippen molar-refractivity contribution < 1.29 is 0 Å². The Hall–Kier alpha value is -0.520. The molecule has 0 amide bonds. The molecule has 1 saturated carbocycles. The molecule has 0 saturated heterocycles. The van der Waals surface area contributed by atoms with Crippen molar-refractivity contribution in [2.45, 2.75) is 98.3 Å². The fourth-order valence-corrected chi connectivity index (χ4v) is 4.78. The molecule has 0 spiro atoms. The highest BCUT2D eigenvalue weighted by atomic mass is 14.4. The highest BCUT2D eigenvalue weighted by Crippen LogP contribution is 2.46. The van der Waals surface area contributed by atoms with Crippen LogP contribution in [0.25, 0.3) is 0 Å². The summed E-state index contributed by atoms with van der Waals surface area (Å²) < 4.78 is 0. The summed E-state index contributed by atoms with van der Waals surface area (Å²) in [7, 11) is 0. The highest BCUT2D eigenvalue weighted by molar-refractivity contribution is 5.10. The van der Waals surface area contributed by atoms with Crippen molar-refractivity contribution in [3.63, 3.8) is 0 Å². The molecule has 0 N–H and O–H groups in total. The molecule has 0 heterocycles. The minimum absolute atomic E-state index is 0.553. The molecule has 0 aromatic rings. The van der Waals surface area contributed by atoms with Gasteiger partial charge in [-0.15, -0.1) is 0 Å². The van der Waals surface area contributed by atoms with Gasteiger partial charge in [-0.3, -0.25) is 0 Å². The van der Waals surface area contributed by atoms with Crippen LogP contribution >= 0.6 is 0 Å². The third-order valence-corrected chi connectivity index (χ3v) is 6.28. The lowest BCUT2D eigenvalue weighted by molar-refractivity contribution is 0.185. The van der Waals surface area contributed by atoms with Gasteiger partial charge in [-0.2, -0.15) is 0 Å². The smallest absolute Gasteiger partial charge is 0.0172 e. The first-order valence-electron chi connectivity index (χ1n) is 9.80. The maximum absolute atomic E-state index is 2.59. The number of hydrogen-bond donors (Lipinski definition) is 0. The molecule has 2 aliphatic rings. The Labute approximate surface area is 139 Å². The molecular weight excluding hydrogens is 264 g/mol. The van der Waals surface area contributed by atoms with Gasteiger partial charge in [-0.25, -0.2) is 0 Å². The molecule has 2 unspecified atom stereocenters. The van der Waals surface area contributed by atoms with Crippen LogP contribution in [0.1, 0.15) is 98.3 Å². The van der Waals surface area contributed by atoms with Crippen molar-refractivity contribution >= 4 is 0 Å². The molecule has 126 valence electrons. The summed E-state index contributed by atoms with van der Waals surface area (Å²) in [5.41, 5.74) is 3.75. The second kappa shape index (κ2) is 8.37. The number of rotatable bonds is 4. The Morgan fingerprint density at radius 3 is 2.50 bits per heavy atom. The molecule has 2 atom stereocenters. The van der Waals surface area contributed by atoms with Gasteiger partial charge < -0.3 is 0 Å². The van der Waals surface area contributed by atoms with Crippen molar-refractivity contribution in [3.05, 3.63) is 23.3 Å². The second-order valence-corrected chi connectivity index (χ2v) is 8.68. The monoisotopic (exact) mass is 302 g/mol. The van der Waals surface area contributed by atoms with E-state index in [4.69, 9.17) is 0 Å². The van der Waals surface area contributed by atoms with Gasteiger partial charge in [0, 0.05) is 0 Å². The maximum atomic E-state index is 2.59. The zero-order chi connectivity index (χ0) is 16.0. The molecule has 2 aliphatic carbocycles. The van der Waals surface area contributed by atoms with Crippen molar-refractivity contribution in [3.8, 4) is 0 Å². The first kappa shape index (κ1) is 17.8. The zero-order valence-electron chi connectivity index (χ0n) is 15.6. The molecule has 0 aromatic heterocycles. The van der Waals surface area contributed by atoms with Gasteiger partial charge in [0.05, 0.1) is 0 Å². The summed E-state index contributed by atoms with van der Waals surface area (Å²) in [6.45, 7) is 9.46. The summed E-state index contributed by atoms with van der Waals surface area (Å²) in [4.78, 5) is 0. The molecule has 22 heavy (non-hydrogen) atoms. The fraction of sp³-hybridized carbons (Fsp3) is 0.818. The summed E-state index contributed by atoms with van der Waals surface area (Å²) in [6.07, 6.45) is 20.7. The van der Waals surface area contributed by atoms with Crippen LogP contribution in [-0.2, 0) is 0 Å². The molecule has 0 radical (unpaired) electrons. The standard InChI is InChI=1S/C22H38/c1-18(2)11-9-15-22(4)16-10-12-19(3)21(17-22)20-13-7-5-6-8-14-20/h11-12,20-21H,5-10,13-17H2,1-4H3. The molecular formula is C22H38. The maximum Gasteiger partial charge on any atom is -0.0172 e. The molecule has 0 bridgehead atoms. The summed E-state index contributed by atoms with van der Waals surface area (Å²) >= 11 is 0. The Kier molecular flexibility index (Phi) is 6.78. The molecule has 0 aromatic carbocycles. The Morgan fingerprint density at radius 1 is 1.18 bits per heavy atom. The van der Waals surface area contributed by atoms with E-state index < -0.39 is 0 Å². The van der Waals surface area contributed by atoms with Gasteiger partial charge in [-0.05, 0) is 83.0 Å². The van der Waals surface area contributed by atoms with Gasteiger partial charge in [0.15, 0.2) is 0 Å². The number of allylic oxidation sites excluding steroid dienone is 4. The van der Waals surface area contributed by atoms with E-state index in [0.717, 1.165) is 11.8 Å². The molecule has 0 heteroatoms. The van der Waals surface area contributed by atoms with E-state index >= 15 is 0 Å². The lowest BCUT2D eigenvalue weighted by atomic mass is 9.70. The number of hydrogen-bond acceptors (Lipinski definition) is 0. The van der Waals surface area contributed by atoms with Crippen molar-refractivity contribution in [1.29, 1.82) is 0 Å². The first-order valence-corrected chi connectivity index (χ1v) is 9.80. The van der Waals surface area contributed by atoms with Gasteiger partial charge in [0.1, 0.15) is 0 Å². The molecule has 0 aliphatic heterocycles. The van der Waals surface area contributed by atoms with E-state index in [0.29, 0.717) is 5.41 Å². The average Bonchev–Trinajstić information content (AvgIpc) is 2.79. The lowest BCUT2D eigenvalue weighted by Crippen LogP contribution is -2.24. The Balaban J connectivity index is 2.04. The normalized spacial score (nSPS) is 31.1. The van der Waals surface area contributed by atoms with E-state index in [1.807, 2.05) is 0 Å². The zero-order valence-corrected chi connectivity index (χ0v) is 15.6. The molecule has 2 rings (SSSR count). The molecule has 0 nitrogen and oxygen atoms in total. The van der Waals surface area contributed by atoms with E-state index in [9.17, 15) is 0 Å². The Bertz CT molecular complexity index is 388. The minimum atomic E-state index is 0.553. The van der Waals surface area contributed by atoms with Gasteiger partial charge in [0.25, 0.3) is 0 Å². The predicted molar refractivity (Wildman–Crippen MR) is 99.1 cm³/mol.